The molecule has 0 bridgehead atoms. The van der Waals surface area contributed by atoms with Crippen LogP contribution in [0.4, 0.5) is 0 Å². The van der Waals surface area contributed by atoms with E-state index < -0.39 is 0 Å². The number of hydrogen-bond acceptors (Lipinski definition) is 3. The SMILES string of the molecule is COC(=O)[C@@H](C)[C@H](c1ccc2c(c1)CNCC2)C1CC1. The summed E-state index contributed by atoms with van der Waals surface area (Å²) >= 11 is 0. The predicted octanol–water partition coefficient (Wildman–Crippen LogP) is 2.64. The van der Waals surface area contributed by atoms with Gasteiger partial charge in [0.1, 0.15) is 0 Å². The summed E-state index contributed by atoms with van der Waals surface area (Å²) < 4.78 is 4.95. The quantitative estimate of drug-likeness (QED) is 0.857. The van der Waals surface area contributed by atoms with Crippen molar-refractivity contribution < 1.29 is 9.53 Å². The van der Waals surface area contributed by atoms with Gasteiger partial charge in [-0.25, -0.2) is 0 Å². The summed E-state index contributed by atoms with van der Waals surface area (Å²) in [6, 6.07) is 6.79. The molecule has 0 radical (unpaired) electrons. The second kappa shape index (κ2) is 5.57. The molecule has 0 unspecified atom stereocenters. The van der Waals surface area contributed by atoms with Crippen LogP contribution >= 0.6 is 0 Å². The number of hydrogen-bond donors (Lipinski definition) is 1. The van der Waals surface area contributed by atoms with Gasteiger partial charge in [0, 0.05) is 6.54 Å². The van der Waals surface area contributed by atoms with Crippen molar-refractivity contribution in [2.45, 2.75) is 38.6 Å². The second-order valence-corrected chi connectivity index (χ2v) is 6.13. The summed E-state index contributed by atoms with van der Waals surface area (Å²) in [6.45, 7) is 4.02. The van der Waals surface area contributed by atoms with Crippen molar-refractivity contribution in [1.29, 1.82) is 0 Å². The van der Waals surface area contributed by atoms with E-state index in [0.717, 1.165) is 19.5 Å². The van der Waals surface area contributed by atoms with Crippen molar-refractivity contribution in [3.8, 4) is 0 Å². The Morgan fingerprint density at radius 1 is 1.35 bits per heavy atom. The zero-order valence-corrected chi connectivity index (χ0v) is 12.3. The van der Waals surface area contributed by atoms with Crippen LogP contribution in [0.15, 0.2) is 18.2 Å². The molecular weight excluding hydrogens is 250 g/mol. The fourth-order valence-corrected chi connectivity index (χ4v) is 3.46. The first kappa shape index (κ1) is 13.6. The molecule has 0 aromatic heterocycles. The lowest BCUT2D eigenvalue weighted by molar-refractivity contribution is -0.145. The van der Waals surface area contributed by atoms with Crippen LogP contribution in [-0.4, -0.2) is 19.6 Å². The van der Waals surface area contributed by atoms with Gasteiger partial charge < -0.3 is 10.1 Å². The van der Waals surface area contributed by atoms with Crippen molar-refractivity contribution in [2.75, 3.05) is 13.7 Å². The lowest BCUT2D eigenvalue weighted by Crippen LogP contribution is -2.25. The highest BCUT2D eigenvalue weighted by Crippen LogP contribution is 2.47. The average molecular weight is 273 g/mol. The molecule has 3 heteroatoms. The van der Waals surface area contributed by atoms with Crippen LogP contribution in [0.25, 0.3) is 0 Å². The van der Waals surface area contributed by atoms with Gasteiger partial charge in [-0.2, -0.15) is 0 Å². The Morgan fingerprint density at radius 2 is 2.15 bits per heavy atom. The Bertz CT molecular complexity index is 508. The van der Waals surface area contributed by atoms with Gasteiger partial charge in [0.2, 0.25) is 0 Å². The molecule has 0 amide bonds. The van der Waals surface area contributed by atoms with Gasteiger partial charge in [-0.15, -0.1) is 0 Å². The standard InChI is InChI=1S/C17H23NO2/c1-11(17(19)20-2)16(13-4-5-13)14-6-3-12-7-8-18-10-15(12)9-14/h3,6,9,11,13,16,18H,4-5,7-8,10H2,1-2H3/t11-,16-/m0/s1. The minimum atomic E-state index is -0.0854. The molecular formula is C17H23NO2. The van der Waals surface area contributed by atoms with Crippen molar-refractivity contribution in [2.24, 2.45) is 11.8 Å². The lowest BCUT2D eigenvalue weighted by atomic mass is 9.81. The summed E-state index contributed by atoms with van der Waals surface area (Å²) in [4.78, 5) is 11.9. The third-order valence-corrected chi connectivity index (χ3v) is 4.74. The lowest BCUT2D eigenvalue weighted by Gasteiger charge is -2.25. The molecule has 0 spiro atoms. The second-order valence-electron chi connectivity index (χ2n) is 6.13. The number of ether oxygens (including phenoxy) is 1. The van der Waals surface area contributed by atoms with Crippen LogP contribution in [-0.2, 0) is 22.5 Å². The summed E-state index contributed by atoms with van der Waals surface area (Å²) in [5.41, 5.74) is 4.16. The van der Waals surface area contributed by atoms with Gasteiger partial charge in [0.15, 0.2) is 0 Å². The fraction of sp³-hybridized carbons (Fsp3) is 0.588. The molecule has 1 aromatic carbocycles. The minimum absolute atomic E-state index is 0.0536. The fourth-order valence-electron chi connectivity index (χ4n) is 3.46. The van der Waals surface area contributed by atoms with Crippen LogP contribution in [0.2, 0.25) is 0 Å². The van der Waals surface area contributed by atoms with E-state index in [2.05, 4.69) is 23.5 Å². The molecule has 1 fully saturated rings. The van der Waals surface area contributed by atoms with E-state index >= 15 is 0 Å². The molecule has 3 nitrogen and oxygen atoms in total. The molecule has 20 heavy (non-hydrogen) atoms. The number of fused-ring (bicyclic) bond motifs is 1. The Morgan fingerprint density at radius 3 is 2.85 bits per heavy atom. The molecule has 1 aromatic rings. The van der Waals surface area contributed by atoms with Crippen molar-refractivity contribution in [3.05, 3.63) is 34.9 Å². The van der Waals surface area contributed by atoms with E-state index in [0.29, 0.717) is 11.8 Å². The minimum Gasteiger partial charge on any atom is -0.469 e. The molecule has 1 aliphatic heterocycles. The zero-order chi connectivity index (χ0) is 14.1. The van der Waals surface area contributed by atoms with Crippen LogP contribution in [0.1, 0.15) is 42.4 Å². The largest absolute Gasteiger partial charge is 0.469 e. The summed E-state index contributed by atoms with van der Waals surface area (Å²) in [5.74, 6) is 0.827. The number of rotatable bonds is 4. The molecule has 1 aliphatic carbocycles. The zero-order valence-electron chi connectivity index (χ0n) is 12.3. The maximum absolute atomic E-state index is 11.9. The van der Waals surface area contributed by atoms with E-state index in [4.69, 9.17) is 4.74 Å². The Hall–Kier alpha value is -1.35. The van der Waals surface area contributed by atoms with Crippen LogP contribution in [0, 0.1) is 11.8 Å². The smallest absolute Gasteiger partial charge is 0.309 e. The van der Waals surface area contributed by atoms with Crippen molar-refractivity contribution >= 4 is 5.97 Å². The summed E-state index contributed by atoms with van der Waals surface area (Å²) in [7, 11) is 1.49. The Balaban J connectivity index is 1.89. The van der Waals surface area contributed by atoms with E-state index in [1.807, 2.05) is 6.92 Å². The monoisotopic (exact) mass is 273 g/mol. The molecule has 2 atom stereocenters. The van der Waals surface area contributed by atoms with Crippen molar-refractivity contribution in [1.82, 2.24) is 5.32 Å². The van der Waals surface area contributed by atoms with Crippen molar-refractivity contribution in [3.63, 3.8) is 0 Å². The van der Waals surface area contributed by atoms with E-state index in [9.17, 15) is 4.79 Å². The van der Waals surface area contributed by atoms with Gasteiger partial charge in [-0.3, -0.25) is 4.79 Å². The number of nitrogens with one attached hydrogen (secondary N) is 1. The molecule has 1 heterocycles. The topological polar surface area (TPSA) is 38.3 Å². The predicted molar refractivity (Wildman–Crippen MR) is 78.5 cm³/mol. The molecule has 2 aliphatic rings. The van der Waals surface area contributed by atoms with Crippen LogP contribution in [0.3, 0.4) is 0 Å². The highest BCUT2D eigenvalue weighted by atomic mass is 16.5. The van der Waals surface area contributed by atoms with Crippen LogP contribution in [0.5, 0.6) is 0 Å². The third-order valence-electron chi connectivity index (χ3n) is 4.74. The molecule has 0 saturated heterocycles. The third kappa shape index (κ3) is 2.59. The number of esters is 1. The van der Waals surface area contributed by atoms with E-state index in [1.54, 1.807) is 0 Å². The average Bonchev–Trinajstić information content (AvgIpc) is 3.31. The van der Waals surface area contributed by atoms with Gasteiger partial charge in [0.05, 0.1) is 13.0 Å². The summed E-state index contributed by atoms with van der Waals surface area (Å²) in [6.07, 6.45) is 3.58. The normalized spacial score (nSPS) is 20.9. The van der Waals surface area contributed by atoms with Gasteiger partial charge in [-0.05, 0) is 54.3 Å². The first-order chi connectivity index (χ1) is 9.70. The number of methoxy groups -OCH3 is 1. The highest BCUT2D eigenvalue weighted by Gasteiger charge is 2.39. The van der Waals surface area contributed by atoms with Gasteiger partial charge >= 0.3 is 5.97 Å². The molecule has 3 rings (SSSR count). The first-order valence-corrected chi connectivity index (χ1v) is 7.61. The Labute approximate surface area is 120 Å². The summed E-state index contributed by atoms with van der Waals surface area (Å²) in [5, 5.41) is 3.42. The van der Waals surface area contributed by atoms with E-state index in [1.165, 1.54) is 36.6 Å². The number of benzene rings is 1. The molecule has 108 valence electrons. The van der Waals surface area contributed by atoms with Crippen LogP contribution < -0.4 is 5.32 Å². The maximum Gasteiger partial charge on any atom is 0.309 e. The Kier molecular flexibility index (Phi) is 3.79. The molecule has 1 N–H and O–H groups in total. The number of carbonyl (C=O) groups is 1. The number of carbonyl (C=O) groups excluding carboxylic acids is 1. The maximum atomic E-state index is 11.9. The van der Waals surface area contributed by atoms with Gasteiger partial charge in [0.25, 0.3) is 0 Å². The molecule has 1 saturated carbocycles. The highest BCUT2D eigenvalue weighted by molar-refractivity contribution is 5.73. The van der Waals surface area contributed by atoms with Gasteiger partial charge in [-0.1, -0.05) is 25.1 Å². The first-order valence-electron chi connectivity index (χ1n) is 7.61. The van der Waals surface area contributed by atoms with E-state index in [-0.39, 0.29) is 11.9 Å².